The zero-order valence-corrected chi connectivity index (χ0v) is 36.1. The minimum absolute atomic E-state index is 0.0183. The summed E-state index contributed by atoms with van der Waals surface area (Å²) in [6.45, 7) is 19.1. The van der Waals surface area contributed by atoms with Crippen LogP contribution in [0.2, 0.25) is 0 Å². The van der Waals surface area contributed by atoms with Gasteiger partial charge in [-0.3, -0.25) is 19.3 Å². The summed E-state index contributed by atoms with van der Waals surface area (Å²) in [5.41, 5.74) is -3.43. The molecule has 0 radical (unpaired) electrons. The number of carbonyl (C=O) groups is 3. The highest BCUT2D eigenvalue weighted by Crippen LogP contribution is 2.48. The van der Waals surface area contributed by atoms with Gasteiger partial charge in [0.2, 0.25) is 0 Å². The predicted molar refractivity (Wildman–Crippen MR) is 208 cm³/mol. The number of cyclic esters (lactones) is 1. The fraction of sp³-hybridized carbons (Fsp3) is 0.884. The molecule has 0 saturated carbocycles. The van der Waals surface area contributed by atoms with E-state index in [4.69, 9.17) is 39.6 Å². The molecule has 4 heterocycles. The highest BCUT2D eigenvalue weighted by Gasteiger charge is 2.58. The maximum Gasteiger partial charge on any atom is 0.309 e. The Labute approximate surface area is 335 Å². The molecule has 13 nitrogen and oxygen atoms in total. The Morgan fingerprint density at radius 2 is 1.59 bits per heavy atom. The lowest BCUT2D eigenvalue weighted by molar-refractivity contribution is -0.305. The van der Waals surface area contributed by atoms with Crippen LogP contribution >= 0.6 is 0 Å². The van der Waals surface area contributed by atoms with Crippen molar-refractivity contribution >= 4 is 17.7 Å². The summed E-state index contributed by atoms with van der Waals surface area (Å²) in [5, 5.41) is 23.2. The van der Waals surface area contributed by atoms with Gasteiger partial charge in [0.05, 0.1) is 48.0 Å². The van der Waals surface area contributed by atoms with Crippen molar-refractivity contribution in [3.05, 3.63) is 0 Å². The van der Waals surface area contributed by atoms with Crippen LogP contribution < -0.4 is 0 Å². The van der Waals surface area contributed by atoms with Crippen molar-refractivity contribution in [3.63, 3.8) is 0 Å². The summed E-state index contributed by atoms with van der Waals surface area (Å²) in [7, 11) is 5.04. The van der Waals surface area contributed by atoms with Crippen molar-refractivity contribution in [3.8, 4) is 12.3 Å². The van der Waals surface area contributed by atoms with Crippen LogP contribution in [0.25, 0.3) is 0 Å². The molecule has 4 rings (SSSR count). The van der Waals surface area contributed by atoms with Crippen LogP contribution in [0.1, 0.15) is 108 Å². The molecule has 0 aromatic rings. The number of rotatable bonds is 9. The maximum absolute atomic E-state index is 14.6. The number of ether oxygens (including phenoxy) is 7. The van der Waals surface area contributed by atoms with E-state index in [9.17, 15) is 24.6 Å². The lowest BCUT2D eigenvalue weighted by Crippen LogP contribution is -2.62. The number of terminal acetylenes is 1. The van der Waals surface area contributed by atoms with Crippen LogP contribution in [-0.4, -0.2) is 133 Å². The molecule has 2 N–H and O–H groups in total. The molecule has 1 unspecified atom stereocenters. The van der Waals surface area contributed by atoms with Gasteiger partial charge in [0.25, 0.3) is 0 Å². The second kappa shape index (κ2) is 18.4. The SMILES string of the molecule is C#CCCN(C)[C@H]1C[C@@H](C)O[C@@H](O[C@@H]2[C@@H](C)C([C@H]3C[C@@](C)(OC)[C@@H](O)[C@H](C)O3)[C@@H](C)C(=O)O[C@H](CC)[C@@]3(C)OC(=O)C[C@@H]3[C@@H](C)C(=O)[C@H](C)C[C@@]2(C)OC)[C@@H]1O. The zero-order valence-electron chi connectivity index (χ0n) is 36.1. The van der Waals surface area contributed by atoms with Gasteiger partial charge in [-0.15, -0.1) is 12.3 Å². The number of aliphatic hydroxyl groups is 2. The number of fused-ring (bicyclic) bond motifs is 1. The molecule has 56 heavy (non-hydrogen) atoms. The van der Waals surface area contributed by atoms with Gasteiger partial charge >= 0.3 is 11.9 Å². The van der Waals surface area contributed by atoms with Gasteiger partial charge in [-0.25, -0.2) is 0 Å². The molecule has 4 aliphatic heterocycles. The number of ketones is 1. The zero-order chi connectivity index (χ0) is 42.1. The van der Waals surface area contributed by atoms with Crippen molar-refractivity contribution in [1.82, 2.24) is 4.90 Å². The molecule has 0 aromatic heterocycles. The van der Waals surface area contributed by atoms with Gasteiger partial charge in [-0.2, -0.15) is 0 Å². The molecule has 4 aliphatic rings. The number of carbonyl (C=O) groups excluding carboxylic acids is 3. The van der Waals surface area contributed by atoms with Crippen LogP contribution in [0.3, 0.4) is 0 Å². The summed E-state index contributed by atoms with van der Waals surface area (Å²) < 4.78 is 44.7. The van der Waals surface area contributed by atoms with Crippen LogP contribution in [0.4, 0.5) is 0 Å². The number of likely N-dealkylation sites (N-methyl/N-ethyl adjacent to an activating group) is 1. The second-order valence-electron chi connectivity index (χ2n) is 18.0. The first-order valence-electron chi connectivity index (χ1n) is 20.6. The topological polar surface area (TPSA) is 160 Å². The standard InChI is InChI=1S/C43H71NO12/c1-15-17-18-44(12)30-19-24(4)52-40(36(30)47)55-38-26(6)34(31-22-41(9,50-13)37(48)28(8)53-31)27(7)39(49)54-32(16-2)43(11)29(20-33(45)56-43)25(5)35(46)23(3)21-42(38,10)51-14/h1,23-32,34,36-38,40,47-48H,16-22H2,2-14H3/t23-,24-,25-,26+,27-,28+,29-,30+,31-,32-,34?,36-,37+,38-,40+,41-,42-,43+/m1/s1. The summed E-state index contributed by atoms with van der Waals surface area (Å²) in [5.74, 6) is -2.13. The third kappa shape index (κ3) is 9.18. The van der Waals surface area contributed by atoms with Crippen LogP contribution in [0, 0.1) is 47.9 Å². The Morgan fingerprint density at radius 3 is 2.18 bits per heavy atom. The van der Waals surface area contributed by atoms with Gasteiger partial charge < -0.3 is 43.4 Å². The fourth-order valence-corrected chi connectivity index (χ4v) is 10.5. The number of hydrogen-bond donors (Lipinski definition) is 2. The minimum atomic E-state index is -1.24. The van der Waals surface area contributed by atoms with Gasteiger partial charge in [-0.05, 0) is 66.8 Å². The monoisotopic (exact) mass is 793 g/mol. The molecule has 13 heteroatoms. The van der Waals surface area contributed by atoms with Gasteiger partial charge in [0.15, 0.2) is 6.29 Å². The number of esters is 2. The van der Waals surface area contributed by atoms with Crippen molar-refractivity contribution in [1.29, 1.82) is 0 Å². The maximum atomic E-state index is 14.6. The Balaban J connectivity index is 1.90. The first kappa shape index (κ1) is 46.5. The Hall–Kier alpha value is -2.15. The van der Waals surface area contributed by atoms with E-state index in [-0.39, 0.29) is 37.2 Å². The van der Waals surface area contributed by atoms with Crippen LogP contribution in [-0.2, 0) is 47.5 Å². The first-order valence-corrected chi connectivity index (χ1v) is 20.6. The lowest BCUT2D eigenvalue weighted by atomic mass is 9.67. The molecule has 0 amide bonds. The largest absolute Gasteiger partial charge is 0.458 e. The molecule has 320 valence electrons. The van der Waals surface area contributed by atoms with E-state index in [1.165, 1.54) is 0 Å². The Morgan fingerprint density at radius 1 is 0.946 bits per heavy atom. The van der Waals surface area contributed by atoms with Crippen molar-refractivity contribution < 1.29 is 57.8 Å². The van der Waals surface area contributed by atoms with E-state index in [0.717, 1.165) is 0 Å². The molecule has 4 saturated heterocycles. The normalized spacial score (nSPS) is 47.1. The predicted octanol–water partition coefficient (Wildman–Crippen LogP) is 4.32. The van der Waals surface area contributed by atoms with E-state index in [1.807, 2.05) is 60.4 Å². The number of nitrogens with zero attached hydrogens (tertiary/aromatic N) is 1. The summed E-state index contributed by atoms with van der Waals surface area (Å²) in [4.78, 5) is 44.1. The van der Waals surface area contributed by atoms with Crippen molar-refractivity contribution in [2.75, 3.05) is 27.8 Å². The molecule has 0 bridgehead atoms. The van der Waals surface area contributed by atoms with E-state index in [1.54, 1.807) is 35.0 Å². The number of Topliss-reactive ketones (excluding diaryl/α,β-unsaturated/α-hetero) is 1. The molecule has 4 fully saturated rings. The summed E-state index contributed by atoms with van der Waals surface area (Å²) in [6, 6.07) is -0.325. The molecular formula is C43H71NO12. The van der Waals surface area contributed by atoms with Crippen molar-refractivity contribution in [2.45, 2.75) is 180 Å². The molecule has 18 atom stereocenters. The molecular weight excluding hydrogens is 722 g/mol. The smallest absolute Gasteiger partial charge is 0.309 e. The van der Waals surface area contributed by atoms with Gasteiger partial charge in [0.1, 0.15) is 29.7 Å². The third-order valence-corrected chi connectivity index (χ3v) is 14.1. The second-order valence-corrected chi connectivity index (χ2v) is 18.0. The van der Waals surface area contributed by atoms with Crippen molar-refractivity contribution in [2.24, 2.45) is 35.5 Å². The van der Waals surface area contributed by atoms with Gasteiger partial charge in [-0.1, -0.05) is 34.6 Å². The van der Waals surface area contributed by atoms with Crippen LogP contribution in [0.5, 0.6) is 0 Å². The highest BCUT2D eigenvalue weighted by molar-refractivity contribution is 5.85. The molecule has 0 aromatic carbocycles. The quantitative estimate of drug-likeness (QED) is 0.252. The average Bonchev–Trinajstić information content (AvgIpc) is 3.47. The summed E-state index contributed by atoms with van der Waals surface area (Å²) in [6.07, 6.45) is 1.03. The highest BCUT2D eigenvalue weighted by atomic mass is 16.7. The first-order chi connectivity index (χ1) is 26.1. The van der Waals surface area contributed by atoms with E-state index in [2.05, 4.69) is 5.92 Å². The molecule has 0 spiro atoms. The number of methoxy groups -OCH3 is 2. The number of aliphatic hydroxyl groups excluding tert-OH is 2. The lowest BCUT2D eigenvalue weighted by Gasteiger charge is -2.52. The van der Waals surface area contributed by atoms with E-state index in [0.29, 0.717) is 25.8 Å². The minimum Gasteiger partial charge on any atom is -0.458 e. The van der Waals surface area contributed by atoms with Crippen LogP contribution in [0.15, 0.2) is 0 Å². The van der Waals surface area contributed by atoms with E-state index < -0.39 is 107 Å². The third-order valence-electron chi connectivity index (χ3n) is 14.1. The van der Waals surface area contributed by atoms with Gasteiger partial charge in [0, 0.05) is 63.3 Å². The Bertz CT molecular complexity index is 1420. The Kier molecular flexibility index (Phi) is 15.3. The van der Waals surface area contributed by atoms with E-state index >= 15 is 0 Å². The average molecular weight is 794 g/mol. The summed E-state index contributed by atoms with van der Waals surface area (Å²) >= 11 is 0. The number of hydrogen-bond acceptors (Lipinski definition) is 13. The fourth-order valence-electron chi connectivity index (χ4n) is 10.5. The molecule has 0 aliphatic carbocycles.